The summed E-state index contributed by atoms with van der Waals surface area (Å²) in [6.45, 7) is 12.1. The zero-order valence-corrected chi connectivity index (χ0v) is 11.6. The maximum Gasteiger partial charge on any atom is 0.00385 e. The SMILES string of the molecule is CC(C)CC1CC2(CCN(C(C)C)CC2)C1. The Bertz CT molecular complexity index is 208. The van der Waals surface area contributed by atoms with Crippen LogP contribution in [0.3, 0.4) is 0 Å². The fourth-order valence-corrected chi connectivity index (χ4v) is 3.92. The Balaban J connectivity index is 1.74. The second-order valence-corrected chi connectivity index (χ2v) is 7.03. The summed E-state index contributed by atoms with van der Waals surface area (Å²) in [6, 6.07) is 0.754. The Hall–Kier alpha value is -0.0400. The minimum Gasteiger partial charge on any atom is -0.301 e. The quantitative estimate of drug-likeness (QED) is 0.700. The van der Waals surface area contributed by atoms with Crippen LogP contribution in [0.4, 0.5) is 0 Å². The molecule has 0 aromatic carbocycles. The third kappa shape index (κ3) is 2.61. The van der Waals surface area contributed by atoms with Gasteiger partial charge in [0.05, 0.1) is 0 Å². The van der Waals surface area contributed by atoms with Crippen molar-refractivity contribution in [2.75, 3.05) is 13.1 Å². The van der Waals surface area contributed by atoms with Crippen molar-refractivity contribution in [3.8, 4) is 0 Å². The van der Waals surface area contributed by atoms with Gasteiger partial charge in [0, 0.05) is 6.04 Å². The van der Waals surface area contributed by atoms with Crippen molar-refractivity contribution in [3.63, 3.8) is 0 Å². The Morgan fingerprint density at radius 1 is 1.06 bits per heavy atom. The molecule has 0 unspecified atom stereocenters. The van der Waals surface area contributed by atoms with E-state index in [-0.39, 0.29) is 0 Å². The van der Waals surface area contributed by atoms with E-state index in [1.54, 1.807) is 0 Å². The largest absolute Gasteiger partial charge is 0.301 e. The lowest BCUT2D eigenvalue weighted by atomic mass is 9.56. The number of hydrogen-bond donors (Lipinski definition) is 0. The van der Waals surface area contributed by atoms with Crippen LogP contribution in [0.1, 0.15) is 59.8 Å². The normalized spacial score (nSPS) is 26.6. The molecule has 0 amide bonds. The molecular weight excluding hydrogens is 194 g/mol. The van der Waals surface area contributed by atoms with Crippen LogP contribution in [0.25, 0.3) is 0 Å². The molecule has 1 saturated carbocycles. The van der Waals surface area contributed by atoms with Crippen molar-refractivity contribution in [2.45, 2.75) is 65.8 Å². The minimum atomic E-state index is 0.754. The molecular formula is C15H29N. The molecule has 0 aromatic heterocycles. The summed E-state index contributed by atoms with van der Waals surface area (Å²) < 4.78 is 0. The fourth-order valence-electron chi connectivity index (χ4n) is 3.92. The highest BCUT2D eigenvalue weighted by atomic mass is 15.2. The first-order valence-electron chi connectivity index (χ1n) is 7.25. The van der Waals surface area contributed by atoms with E-state index in [1.165, 1.54) is 45.2 Å². The van der Waals surface area contributed by atoms with Gasteiger partial charge in [-0.15, -0.1) is 0 Å². The Labute approximate surface area is 102 Å². The average molecular weight is 223 g/mol. The van der Waals surface area contributed by atoms with Crippen LogP contribution < -0.4 is 0 Å². The van der Waals surface area contributed by atoms with E-state index < -0.39 is 0 Å². The van der Waals surface area contributed by atoms with Crippen LogP contribution in [0, 0.1) is 17.3 Å². The first-order chi connectivity index (χ1) is 7.51. The highest BCUT2D eigenvalue weighted by molar-refractivity contribution is 4.97. The lowest BCUT2D eigenvalue weighted by Crippen LogP contribution is -2.49. The fraction of sp³-hybridized carbons (Fsp3) is 1.00. The summed E-state index contributed by atoms with van der Waals surface area (Å²) in [6.07, 6.45) is 7.49. The highest BCUT2D eigenvalue weighted by Gasteiger charge is 2.45. The molecule has 0 radical (unpaired) electrons. The van der Waals surface area contributed by atoms with E-state index >= 15 is 0 Å². The lowest BCUT2D eigenvalue weighted by molar-refractivity contribution is -0.0269. The predicted octanol–water partition coefficient (Wildman–Crippen LogP) is 3.93. The molecule has 1 spiro atoms. The predicted molar refractivity (Wildman–Crippen MR) is 70.6 cm³/mol. The van der Waals surface area contributed by atoms with Crippen molar-refractivity contribution >= 4 is 0 Å². The van der Waals surface area contributed by atoms with E-state index in [0.29, 0.717) is 0 Å². The molecule has 2 aliphatic rings. The number of piperidine rings is 1. The smallest absolute Gasteiger partial charge is 0.00385 e. The van der Waals surface area contributed by atoms with E-state index in [9.17, 15) is 0 Å². The van der Waals surface area contributed by atoms with Crippen molar-refractivity contribution in [1.82, 2.24) is 4.90 Å². The number of rotatable bonds is 3. The molecule has 2 rings (SSSR count). The van der Waals surface area contributed by atoms with Gasteiger partial charge in [0.25, 0.3) is 0 Å². The number of nitrogens with zero attached hydrogens (tertiary/aromatic N) is 1. The molecule has 1 saturated heterocycles. The average Bonchev–Trinajstić information content (AvgIpc) is 2.15. The van der Waals surface area contributed by atoms with Crippen LogP contribution in [0.2, 0.25) is 0 Å². The molecule has 0 aromatic rings. The molecule has 1 nitrogen and oxygen atoms in total. The van der Waals surface area contributed by atoms with Crippen molar-refractivity contribution in [1.29, 1.82) is 0 Å². The van der Waals surface area contributed by atoms with E-state index in [1.807, 2.05) is 0 Å². The van der Waals surface area contributed by atoms with E-state index in [2.05, 4.69) is 32.6 Å². The second kappa shape index (κ2) is 4.68. The van der Waals surface area contributed by atoms with Gasteiger partial charge >= 0.3 is 0 Å². The molecule has 0 N–H and O–H groups in total. The Morgan fingerprint density at radius 3 is 2.06 bits per heavy atom. The monoisotopic (exact) mass is 223 g/mol. The molecule has 2 fully saturated rings. The van der Waals surface area contributed by atoms with Gasteiger partial charge in [-0.3, -0.25) is 0 Å². The summed E-state index contributed by atoms with van der Waals surface area (Å²) in [4.78, 5) is 2.65. The van der Waals surface area contributed by atoms with Crippen molar-refractivity contribution in [3.05, 3.63) is 0 Å². The highest BCUT2D eigenvalue weighted by Crippen LogP contribution is 2.54. The molecule has 1 heteroatoms. The van der Waals surface area contributed by atoms with Crippen LogP contribution in [-0.4, -0.2) is 24.0 Å². The van der Waals surface area contributed by atoms with Gasteiger partial charge in [-0.1, -0.05) is 13.8 Å². The van der Waals surface area contributed by atoms with Crippen molar-refractivity contribution < 1.29 is 0 Å². The summed E-state index contributed by atoms with van der Waals surface area (Å²) in [7, 11) is 0. The van der Waals surface area contributed by atoms with Gasteiger partial charge < -0.3 is 4.90 Å². The molecule has 0 bridgehead atoms. The topological polar surface area (TPSA) is 3.24 Å². The summed E-state index contributed by atoms with van der Waals surface area (Å²) in [5.41, 5.74) is 0.783. The van der Waals surface area contributed by atoms with E-state index in [4.69, 9.17) is 0 Å². The van der Waals surface area contributed by atoms with E-state index in [0.717, 1.165) is 23.3 Å². The zero-order valence-electron chi connectivity index (χ0n) is 11.6. The third-order valence-corrected chi connectivity index (χ3v) is 4.84. The van der Waals surface area contributed by atoms with Crippen LogP contribution >= 0.6 is 0 Å². The third-order valence-electron chi connectivity index (χ3n) is 4.84. The van der Waals surface area contributed by atoms with Gasteiger partial charge in [-0.25, -0.2) is 0 Å². The van der Waals surface area contributed by atoms with Crippen LogP contribution in [0.15, 0.2) is 0 Å². The second-order valence-electron chi connectivity index (χ2n) is 7.03. The van der Waals surface area contributed by atoms with Gasteiger partial charge in [0.2, 0.25) is 0 Å². The zero-order chi connectivity index (χ0) is 11.8. The van der Waals surface area contributed by atoms with Gasteiger partial charge in [0.1, 0.15) is 0 Å². The van der Waals surface area contributed by atoms with Crippen molar-refractivity contribution in [2.24, 2.45) is 17.3 Å². The summed E-state index contributed by atoms with van der Waals surface area (Å²) in [5.74, 6) is 1.96. The Morgan fingerprint density at radius 2 is 1.62 bits per heavy atom. The summed E-state index contributed by atoms with van der Waals surface area (Å²) >= 11 is 0. The standard InChI is InChI=1S/C15H29N/c1-12(2)9-14-10-15(11-14)5-7-16(8-6-15)13(3)4/h12-14H,5-11H2,1-4H3. The molecule has 1 heterocycles. The lowest BCUT2D eigenvalue weighted by Gasteiger charge is -2.53. The number of hydrogen-bond acceptors (Lipinski definition) is 1. The van der Waals surface area contributed by atoms with Gasteiger partial charge in [-0.2, -0.15) is 0 Å². The molecule has 0 atom stereocenters. The minimum absolute atomic E-state index is 0.754. The maximum atomic E-state index is 2.65. The van der Waals surface area contributed by atoms with Crippen LogP contribution in [0.5, 0.6) is 0 Å². The summed E-state index contributed by atoms with van der Waals surface area (Å²) in [5, 5.41) is 0. The first-order valence-corrected chi connectivity index (χ1v) is 7.25. The Kier molecular flexibility index (Phi) is 3.63. The van der Waals surface area contributed by atoms with Gasteiger partial charge in [0.15, 0.2) is 0 Å². The maximum absolute atomic E-state index is 2.65. The van der Waals surface area contributed by atoms with Crippen LogP contribution in [-0.2, 0) is 0 Å². The number of likely N-dealkylation sites (tertiary alicyclic amines) is 1. The molecule has 94 valence electrons. The molecule has 1 aliphatic heterocycles. The molecule has 1 aliphatic carbocycles. The first kappa shape index (κ1) is 12.4. The van der Waals surface area contributed by atoms with Gasteiger partial charge in [-0.05, 0) is 76.3 Å². The molecule has 16 heavy (non-hydrogen) atoms.